The van der Waals surface area contributed by atoms with Crippen LogP contribution in [0.1, 0.15) is 24.8 Å². The highest BCUT2D eigenvalue weighted by atomic mass is 35.5. The number of carbonyl (C=O) groups is 2. The summed E-state index contributed by atoms with van der Waals surface area (Å²) in [6.45, 7) is 0. The van der Waals surface area contributed by atoms with Crippen molar-refractivity contribution >= 4 is 52.5 Å². The van der Waals surface area contributed by atoms with Crippen LogP contribution in [0.25, 0.3) is 11.7 Å². The van der Waals surface area contributed by atoms with Crippen LogP contribution in [-0.2, 0) is 9.59 Å². The molecule has 3 aromatic rings. The molecule has 8 nitrogen and oxygen atoms in total. The molecule has 2 fully saturated rings. The van der Waals surface area contributed by atoms with Gasteiger partial charge in [0.05, 0.1) is 18.3 Å². The predicted octanol–water partition coefficient (Wildman–Crippen LogP) is 3.27. The fraction of sp³-hybridized carbons (Fsp3) is 0.200. The number of anilines is 3. The topological polar surface area (TPSA) is 100 Å². The van der Waals surface area contributed by atoms with E-state index >= 15 is 0 Å². The van der Waals surface area contributed by atoms with Crippen molar-refractivity contribution in [1.82, 2.24) is 19.9 Å². The van der Waals surface area contributed by atoms with Gasteiger partial charge in [0.2, 0.25) is 5.91 Å². The number of hydrogen-bond acceptors (Lipinski definition) is 6. The van der Waals surface area contributed by atoms with Crippen LogP contribution in [0.15, 0.2) is 36.0 Å². The number of halogens is 2. The van der Waals surface area contributed by atoms with Gasteiger partial charge in [-0.05, 0) is 37.1 Å². The van der Waals surface area contributed by atoms with E-state index in [0.717, 1.165) is 12.8 Å². The number of aromatic nitrogens is 3. The quantitative estimate of drug-likeness (QED) is 0.427. The van der Waals surface area contributed by atoms with Gasteiger partial charge in [-0.3, -0.25) is 14.9 Å². The predicted molar refractivity (Wildman–Crippen MR) is 110 cm³/mol. The molecule has 2 aromatic heterocycles. The van der Waals surface area contributed by atoms with E-state index in [1.165, 1.54) is 18.2 Å². The summed E-state index contributed by atoms with van der Waals surface area (Å²) in [6, 6.07) is 6.30. The van der Waals surface area contributed by atoms with Crippen LogP contribution < -0.4 is 16.0 Å². The molecule has 152 valence electrons. The van der Waals surface area contributed by atoms with Gasteiger partial charge in [-0.15, -0.1) is 0 Å². The van der Waals surface area contributed by atoms with Crippen LogP contribution in [0.3, 0.4) is 0 Å². The lowest BCUT2D eigenvalue weighted by molar-refractivity contribution is -0.124. The van der Waals surface area contributed by atoms with E-state index in [0.29, 0.717) is 39.5 Å². The zero-order valence-electron chi connectivity index (χ0n) is 15.6. The molecule has 1 saturated carbocycles. The van der Waals surface area contributed by atoms with E-state index in [2.05, 4.69) is 26.0 Å². The number of hydrogen-bond donors (Lipinski definition) is 3. The molecule has 0 unspecified atom stereocenters. The molecular weight excluding hydrogens is 411 g/mol. The Balaban J connectivity index is 1.59. The molecule has 2 amide bonds. The number of benzene rings is 1. The van der Waals surface area contributed by atoms with Crippen LogP contribution in [-0.4, -0.2) is 32.5 Å². The van der Waals surface area contributed by atoms with Gasteiger partial charge >= 0.3 is 0 Å². The average Bonchev–Trinajstić information content (AvgIpc) is 3.34. The molecule has 3 N–H and O–H groups in total. The Morgan fingerprint density at radius 1 is 1.27 bits per heavy atom. The second-order valence-corrected chi connectivity index (χ2v) is 7.69. The summed E-state index contributed by atoms with van der Waals surface area (Å²) in [6.07, 6.45) is 5.29. The fourth-order valence-electron chi connectivity index (χ4n) is 3.23. The lowest BCUT2D eigenvalue weighted by Gasteiger charge is -2.12. The molecule has 10 heteroatoms. The number of fused-ring (bicyclic) bond motifs is 1. The normalized spacial score (nSPS) is 17.6. The summed E-state index contributed by atoms with van der Waals surface area (Å²) in [5.41, 5.74) is 1.57. The van der Waals surface area contributed by atoms with Crippen LogP contribution in [0, 0.1) is 5.82 Å². The smallest absolute Gasteiger partial charge is 0.254 e. The standard InChI is InChI=1S/C20H16ClFN6O2/c21-12-1-4-14(22)15(7-12)25-16-8-17(24-13-2-3-13)28-19(26-16)11(9-23-28)5-10-6-18(29)27-20(10)30/h1,4-5,7-9,13,24H,2-3,6H2,(H,25,26)(H,27,29,30)/b10-5+. The van der Waals surface area contributed by atoms with Crippen molar-refractivity contribution < 1.29 is 14.0 Å². The number of nitrogens with one attached hydrogen (secondary N) is 3. The Bertz CT molecular complexity index is 1230. The van der Waals surface area contributed by atoms with Crippen LogP contribution in [0.4, 0.5) is 21.7 Å². The number of amides is 2. The van der Waals surface area contributed by atoms with Crippen LogP contribution in [0.5, 0.6) is 0 Å². The zero-order chi connectivity index (χ0) is 20.8. The van der Waals surface area contributed by atoms with E-state index in [1.807, 2.05) is 0 Å². The lowest BCUT2D eigenvalue weighted by Crippen LogP contribution is -2.19. The van der Waals surface area contributed by atoms with Gasteiger partial charge in [-0.2, -0.15) is 9.61 Å². The van der Waals surface area contributed by atoms with Gasteiger partial charge in [-0.1, -0.05) is 11.6 Å². The van der Waals surface area contributed by atoms with Gasteiger partial charge in [0, 0.05) is 28.3 Å². The van der Waals surface area contributed by atoms with Gasteiger partial charge in [0.1, 0.15) is 17.5 Å². The van der Waals surface area contributed by atoms with Crippen molar-refractivity contribution in [3.8, 4) is 0 Å². The summed E-state index contributed by atoms with van der Waals surface area (Å²) in [5.74, 6) is -0.158. The van der Waals surface area contributed by atoms with Gasteiger partial charge in [0.15, 0.2) is 5.65 Å². The Kier molecular flexibility index (Phi) is 4.39. The zero-order valence-corrected chi connectivity index (χ0v) is 16.3. The first kappa shape index (κ1) is 18.6. The second-order valence-electron chi connectivity index (χ2n) is 7.25. The summed E-state index contributed by atoms with van der Waals surface area (Å²) in [5, 5.41) is 13.4. The molecule has 0 radical (unpaired) electrons. The van der Waals surface area contributed by atoms with E-state index in [-0.39, 0.29) is 18.0 Å². The van der Waals surface area contributed by atoms with E-state index in [4.69, 9.17) is 11.6 Å². The molecule has 0 bridgehead atoms. The van der Waals surface area contributed by atoms with Gasteiger partial charge < -0.3 is 10.6 Å². The first-order valence-corrected chi connectivity index (χ1v) is 9.76. The van der Waals surface area contributed by atoms with Crippen molar-refractivity contribution in [3.63, 3.8) is 0 Å². The molecule has 30 heavy (non-hydrogen) atoms. The minimum atomic E-state index is -0.463. The molecule has 1 aliphatic carbocycles. The van der Waals surface area contributed by atoms with Gasteiger partial charge in [0.25, 0.3) is 5.91 Å². The highest BCUT2D eigenvalue weighted by Crippen LogP contribution is 2.30. The van der Waals surface area contributed by atoms with Crippen molar-refractivity contribution in [2.75, 3.05) is 10.6 Å². The maximum absolute atomic E-state index is 14.2. The Hall–Kier alpha value is -3.46. The monoisotopic (exact) mass is 426 g/mol. The molecule has 1 aliphatic heterocycles. The Morgan fingerprint density at radius 3 is 2.83 bits per heavy atom. The largest absolute Gasteiger partial charge is 0.367 e. The van der Waals surface area contributed by atoms with E-state index < -0.39 is 11.7 Å². The van der Waals surface area contributed by atoms with E-state index in [1.54, 1.807) is 22.9 Å². The van der Waals surface area contributed by atoms with Crippen molar-refractivity contribution in [3.05, 3.63) is 52.4 Å². The number of imide groups is 1. The van der Waals surface area contributed by atoms with Crippen molar-refractivity contribution in [2.24, 2.45) is 0 Å². The molecular formula is C20H16ClFN6O2. The third-order valence-corrected chi connectivity index (χ3v) is 5.08. The molecule has 0 atom stereocenters. The number of rotatable bonds is 5. The summed E-state index contributed by atoms with van der Waals surface area (Å²) in [4.78, 5) is 28.0. The van der Waals surface area contributed by atoms with Crippen LogP contribution >= 0.6 is 11.6 Å². The average molecular weight is 427 g/mol. The maximum atomic E-state index is 14.2. The Morgan fingerprint density at radius 2 is 2.10 bits per heavy atom. The summed E-state index contributed by atoms with van der Waals surface area (Å²) in [7, 11) is 0. The fourth-order valence-corrected chi connectivity index (χ4v) is 3.40. The molecule has 3 heterocycles. The van der Waals surface area contributed by atoms with Crippen LogP contribution in [0.2, 0.25) is 5.02 Å². The van der Waals surface area contributed by atoms with E-state index in [9.17, 15) is 14.0 Å². The first-order chi connectivity index (χ1) is 14.5. The summed E-state index contributed by atoms with van der Waals surface area (Å²) < 4.78 is 15.8. The highest BCUT2D eigenvalue weighted by molar-refractivity contribution is 6.30. The molecule has 5 rings (SSSR count). The lowest BCUT2D eigenvalue weighted by atomic mass is 10.1. The number of nitrogens with zero attached hydrogens (tertiary/aromatic N) is 3. The third-order valence-electron chi connectivity index (χ3n) is 4.84. The molecule has 2 aliphatic rings. The SMILES string of the molecule is O=C1C/C(=C\c2cnn3c(NC4CC4)cc(Nc4cc(Cl)ccc4F)nc23)C(=O)N1. The molecule has 0 spiro atoms. The highest BCUT2D eigenvalue weighted by Gasteiger charge is 2.25. The minimum absolute atomic E-state index is 0.00895. The van der Waals surface area contributed by atoms with Crippen molar-refractivity contribution in [1.29, 1.82) is 0 Å². The van der Waals surface area contributed by atoms with Crippen molar-refractivity contribution in [2.45, 2.75) is 25.3 Å². The minimum Gasteiger partial charge on any atom is -0.367 e. The maximum Gasteiger partial charge on any atom is 0.254 e. The third kappa shape index (κ3) is 3.59. The number of carbonyl (C=O) groups excluding carboxylic acids is 2. The van der Waals surface area contributed by atoms with Gasteiger partial charge in [-0.25, -0.2) is 9.37 Å². The Labute approximate surface area is 175 Å². The summed E-state index contributed by atoms with van der Waals surface area (Å²) >= 11 is 5.99. The molecule has 1 saturated heterocycles. The second kappa shape index (κ2) is 7.10. The molecule has 1 aromatic carbocycles. The first-order valence-electron chi connectivity index (χ1n) is 9.38.